The fraction of sp³-hybridized carbons (Fsp3) is 0. The van der Waals surface area contributed by atoms with Gasteiger partial charge < -0.3 is 18.5 Å². The van der Waals surface area contributed by atoms with Crippen LogP contribution in [0.3, 0.4) is 0 Å². The fourth-order valence-corrected chi connectivity index (χ4v) is 0. The molecule has 0 aromatic carbocycles. The maximum Gasteiger partial charge on any atom is 6.00 e. The van der Waals surface area contributed by atoms with Gasteiger partial charge in [-0.3, -0.25) is 0 Å². The van der Waals surface area contributed by atoms with E-state index in [1.54, 1.807) is 0 Å². The van der Waals surface area contributed by atoms with Gasteiger partial charge in [0, 0.05) is 0 Å². The predicted octanol–water partition coefficient (Wildman–Crippen LogP) is 0.483. The van der Waals surface area contributed by atoms with Crippen molar-refractivity contribution in [2.24, 2.45) is 0 Å². The first-order valence-electron chi connectivity index (χ1n) is 0. The van der Waals surface area contributed by atoms with E-state index >= 15 is 0 Å². The van der Waals surface area contributed by atoms with Crippen molar-refractivity contribution in [1.82, 2.24) is 0 Å². The zero-order valence-electron chi connectivity index (χ0n) is 2.33. The molecule has 0 fully saturated rings. The van der Waals surface area contributed by atoms with Crippen LogP contribution in [0.2, 0.25) is 0 Å². The van der Waals surface area contributed by atoms with Gasteiger partial charge in [0.15, 0.2) is 0 Å². The molecule has 0 rings (SSSR count). The Morgan fingerprint density at radius 1 is 0.600 bits per heavy atom. The van der Waals surface area contributed by atoms with Gasteiger partial charge in [0.1, 0.15) is 0 Å². The van der Waals surface area contributed by atoms with Crippen molar-refractivity contribution in [2.45, 2.75) is 0 Å². The van der Waals surface area contributed by atoms with Crippen LogP contribution in [0.25, 0.3) is 18.5 Å². The smallest absolute Gasteiger partial charge is 3.00 e. The van der Waals surface area contributed by atoms with E-state index in [1.807, 2.05) is 0 Å². The van der Waals surface area contributed by atoms with Crippen molar-refractivity contribution >= 4 is 17.4 Å². The molecule has 0 radical (unpaired) electrons. The Morgan fingerprint density at radius 3 is 0.600 bits per heavy atom. The number of nitrogens with zero attached hydrogens (tertiary/aromatic N) is 3. The van der Waals surface area contributed by atoms with E-state index in [0.29, 0.717) is 0 Å². The standard InChI is InChI=1S/Al.3N.W/q+3;3*-3;+6. The Morgan fingerprint density at radius 2 is 0.600 bits per heavy atom. The minimum Gasteiger partial charge on any atom is -3.00 e. The molecule has 0 heterocycles. The minimum absolute atomic E-state index is 0. The van der Waals surface area contributed by atoms with Gasteiger partial charge in [0.05, 0.1) is 0 Å². The third-order valence-electron chi connectivity index (χ3n) is 0. The van der Waals surface area contributed by atoms with Gasteiger partial charge in [0.2, 0.25) is 0 Å². The van der Waals surface area contributed by atoms with E-state index in [-0.39, 0.29) is 56.9 Å². The van der Waals surface area contributed by atoms with Gasteiger partial charge >= 0.3 is 38.4 Å². The second-order valence-electron chi connectivity index (χ2n) is 0. The molecule has 5 heavy (non-hydrogen) atoms. The number of rotatable bonds is 0. The average Bonchev–Trinajstić information content (AvgIpc) is 0. The Hall–Kier alpha value is 1.10. The van der Waals surface area contributed by atoms with Gasteiger partial charge in [0.25, 0.3) is 0 Å². The maximum absolute atomic E-state index is 0. The van der Waals surface area contributed by atoms with E-state index in [4.69, 9.17) is 0 Å². The molecule has 0 aliphatic heterocycles. The SMILES string of the molecule is [Al+3].[N-3].[N-3].[N-3].[W+6]. The van der Waals surface area contributed by atoms with E-state index in [1.165, 1.54) is 0 Å². The van der Waals surface area contributed by atoms with Gasteiger partial charge in [-0.05, 0) is 0 Å². The summed E-state index contributed by atoms with van der Waals surface area (Å²) in [5.74, 6) is 0. The summed E-state index contributed by atoms with van der Waals surface area (Å²) in [6, 6.07) is 0. The first kappa shape index (κ1) is 131. The summed E-state index contributed by atoms with van der Waals surface area (Å²) in [5, 5.41) is 0. The van der Waals surface area contributed by atoms with E-state index < -0.39 is 0 Å². The molecule has 0 spiro atoms. The first-order valence-corrected chi connectivity index (χ1v) is 0. The third kappa shape index (κ3) is 40.5. The summed E-state index contributed by atoms with van der Waals surface area (Å²) in [4.78, 5) is 0. The van der Waals surface area contributed by atoms with Crippen LogP contribution in [0, 0.1) is 0 Å². The van der Waals surface area contributed by atoms with Crippen molar-refractivity contribution in [1.29, 1.82) is 0 Å². The first-order chi connectivity index (χ1) is 0. The Kier molecular flexibility index (Phi) is 1850. The predicted molar refractivity (Wildman–Crippen MR) is 15.8 cm³/mol. The molecule has 0 atom stereocenters. The molecule has 0 aromatic heterocycles. The molecule has 3 nitrogen and oxygen atoms in total. The summed E-state index contributed by atoms with van der Waals surface area (Å²) in [6.07, 6.45) is 0. The van der Waals surface area contributed by atoms with Crippen LogP contribution in [-0.2, 0) is 21.1 Å². The van der Waals surface area contributed by atoms with E-state index in [0.717, 1.165) is 0 Å². The molecule has 0 amide bonds. The van der Waals surface area contributed by atoms with Crippen LogP contribution >= 0.6 is 0 Å². The molecule has 0 bridgehead atoms. The zero-order chi connectivity index (χ0) is 0. The van der Waals surface area contributed by atoms with Crippen molar-refractivity contribution in [3.05, 3.63) is 18.5 Å². The Bertz CT molecular complexity index is 6.85. The van der Waals surface area contributed by atoms with Gasteiger partial charge in [-0.2, -0.15) is 0 Å². The quantitative estimate of drug-likeness (QED) is 0.561. The van der Waals surface area contributed by atoms with Crippen LogP contribution in [0.15, 0.2) is 0 Å². The Labute approximate surface area is 57.0 Å². The number of hydrogen-bond donors (Lipinski definition) is 0. The monoisotopic (exact) mass is 253 g/mol. The van der Waals surface area contributed by atoms with Crippen LogP contribution in [0.1, 0.15) is 0 Å². The molecule has 0 aromatic rings. The fourth-order valence-electron chi connectivity index (χ4n) is 0. The summed E-state index contributed by atoms with van der Waals surface area (Å²) in [5.41, 5.74) is 0. The molecule has 0 saturated heterocycles. The molecule has 24 valence electrons. The van der Waals surface area contributed by atoms with Crippen LogP contribution < -0.4 is 0 Å². The average molecular weight is 253 g/mol. The summed E-state index contributed by atoms with van der Waals surface area (Å²) >= 11 is 0. The topological polar surface area (TPSA) is 91.5 Å². The molecule has 0 aliphatic carbocycles. The second kappa shape index (κ2) is 70.8. The molecule has 0 unspecified atom stereocenters. The number of hydrogen-bond acceptors (Lipinski definition) is 0. The molecule has 0 aliphatic rings. The third-order valence-corrected chi connectivity index (χ3v) is 0. The largest absolute Gasteiger partial charge is 6.00 e. The summed E-state index contributed by atoms with van der Waals surface area (Å²) in [6.45, 7) is 0. The van der Waals surface area contributed by atoms with Gasteiger partial charge in [-0.15, -0.1) is 0 Å². The van der Waals surface area contributed by atoms with E-state index in [9.17, 15) is 0 Å². The second-order valence-corrected chi connectivity index (χ2v) is 0. The molecule has 5 heteroatoms. The van der Waals surface area contributed by atoms with Crippen LogP contribution in [-0.4, -0.2) is 17.4 Å². The summed E-state index contributed by atoms with van der Waals surface area (Å²) in [7, 11) is 0. The molecule has 0 N–H and O–H groups in total. The van der Waals surface area contributed by atoms with E-state index in [2.05, 4.69) is 0 Å². The van der Waals surface area contributed by atoms with Gasteiger partial charge in [-0.1, -0.05) is 0 Å². The van der Waals surface area contributed by atoms with Crippen molar-refractivity contribution in [2.75, 3.05) is 0 Å². The summed E-state index contributed by atoms with van der Waals surface area (Å²) < 4.78 is 0. The van der Waals surface area contributed by atoms with Crippen molar-refractivity contribution in [3.63, 3.8) is 0 Å². The molecular formula is AlN3W. The Balaban J connectivity index is 0. The normalized spacial score (nSPS) is 0. The minimum atomic E-state index is 0. The van der Waals surface area contributed by atoms with Gasteiger partial charge in [-0.25, -0.2) is 0 Å². The van der Waals surface area contributed by atoms with Crippen LogP contribution in [0.5, 0.6) is 0 Å². The van der Waals surface area contributed by atoms with Crippen molar-refractivity contribution in [3.8, 4) is 0 Å². The zero-order valence-corrected chi connectivity index (χ0v) is 6.42. The maximum atomic E-state index is 0. The van der Waals surface area contributed by atoms with Crippen LogP contribution in [0.4, 0.5) is 0 Å². The van der Waals surface area contributed by atoms with Crippen molar-refractivity contribution < 1.29 is 21.1 Å². The molecule has 0 saturated carbocycles. The molecular weight excluding hydrogens is 253 g/mol.